The molecule has 5 heteroatoms. The highest BCUT2D eigenvalue weighted by Gasteiger charge is 2.22. The van der Waals surface area contributed by atoms with Crippen molar-refractivity contribution in [2.24, 2.45) is 0 Å². The maximum atomic E-state index is 2.50. The van der Waals surface area contributed by atoms with Gasteiger partial charge in [-0.2, -0.15) is 0 Å². The Labute approximate surface area is 320 Å². The van der Waals surface area contributed by atoms with Gasteiger partial charge in [0.2, 0.25) is 0 Å². The average Bonchev–Trinajstić information content (AvgIpc) is 3.98. The summed E-state index contributed by atoms with van der Waals surface area (Å²) in [5, 5.41) is 10.7. The number of anilines is 3. The first-order valence-electron chi connectivity index (χ1n) is 17.7. The third-order valence-electron chi connectivity index (χ3n) is 10.7. The van der Waals surface area contributed by atoms with Crippen LogP contribution in [0, 0.1) is 0 Å². The van der Waals surface area contributed by atoms with Gasteiger partial charge in [0, 0.05) is 77.0 Å². The summed E-state index contributed by atoms with van der Waals surface area (Å²) in [5.74, 6) is 0. The van der Waals surface area contributed by atoms with Crippen LogP contribution in [0.2, 0.25) is 0 Å². The van der Waals surface area contributed by atoms with Crippen LogP contribution in [0.3, 0.4) is 0 Å². The fraction of sp³-hybridized carbons (Fsp3) is 0. The van der Waals surface area contributed by atoms with Crippen LogP contribution in [0.5, 0.6) is 0 Å². The summed E-state index contributed by atoms with van der Waals surface area (Å²) in [6.45, 7) is 0. The molecule has 0 saturated heterocycles. The molecule has 4 heterocycles. The molecule has 0 amide bonds. The molecule has 53 heavy (non-hydrogen) atoms. The molecule has 0 N–H and O–H groups in total. The number of hydrogen-bond acceptors (Lipinski definition) is 5. The van der Waals surface area contributed by atoms with Gasteiger partial charge in [0.25, 0.3) is 0 Å². The SMILES string of the molecule is c1ccc2c(c1)sc1c(N(c3ccc(-c4cccc5sc6ccc7sc8ccccc8c7c6c45)cc3)c3cccc4c3sc3ccccc34)cccc12. The van der Waals surface area contributed by atoms with Gasteiger partial charge in [-0.05, 0) is 71.8 Å². The van der Waals surface area contributed by atoms with E-state index in [9.17, 15) is 0 Å². The predicted octanol–water partition coefficient (Wildman–Crippen LogP) is 16.3. The molecule has 0 radical (unpaired) electrons. The first kappa shape index (κ1) is 30.0. The van der Waals surface area contributed by atoms with Gasteiger partial charge in [-0.25, -0.2) is 0 Å². The maximum absolute atomic E-state index is 2.50. The normalized spacial score (nSPS) is 12.2. The van der Waals surface area contributed by atoms with E-state index in [1.165, 1.54) is 103 Å². The van der Waals surface area contributed by atoms with Crippen molar-refractivity contribution in [2.75, 3.05) is 4.90 Å². The van der Waals surface area contributed by atoms with Crippen molar-refractivity contribution in [3.63, 3.8) is 0 Å². The summed E-state index contributed by atoms with van der Waals surface area (Å²) in [6, 6.07) is 60.9. The topological polar surface area (TPSA) is 3.24 Å². The molecule has 0 aliphatic carbocycles. The third-order valence-corrected chi connectivity index (χ3v) is 15.4. The lowest BCUT2D eigenvalue weighted by atomic mass is 9.97. The summed E-state index contributed by atoms with van der Waals surface area (Å²) in [6.07, 6.45) is 0. The van der Waals surface area contributed by atoms with E-state index in [1.807, 2.05) is 45.3 Å². The number of thiophene rings is 4. The fourth-order valence-electron chi connectivity index (χ4n) is 8.38. The highest BCUT2D eigenvalue weighted by atomic mass is 32.1. The second-order valence-electron chi connectivity index (χ2n) is 13.6. The quantitative estimate of drug-likeness (QED) is 0.173. The van der Waals surface area contributed by atoms with E-state index in [2.05, 4.69) is 169 Å². The Hall–Kier alpha value is -5.56. The molecule has 4 aromatic heterocycles. The molecular weight excluding hydrogens is 719 g/mol. The van der Waals surface area contributed by atoms with Crippen molar-refractivity contribution in [3.05, 3.63) is 164 Å². The summed E-state index contributed by atoms with van der Waals surface area (Å²) in [4.78, 5) is 2.50. The van der Waals surface area contributed by atoms with Crippen molar-refractivity contribution in [1.82, 2.24) is 0 Å². The first-order valence-corrected chi connectivity index (χ1v) is 21.0. The second kappa shape index (κ2) is 11.5. The van der Waals surface area contributed by atoms with Crippen LogP contribution in [-0.2, 0) is 0 Å². The van der Waals surface area contributed by atoms with Crippen LogP contribution in [0.25, 0.3) is 91.8 Å². The average molecular weight is 746 g/mol. The molecule has 248 valence electrons. The summed E-state index contributed by atoms with van der Waals surface area (Å²) in [7, 11) is 0. The summed E-state index contributed by atoms with van der Waals surface area (Å²) >= 11 is 7.57. The molecule has 12 rings (SSSR count). The zero-order valence-corrected chi connectivity index (χ0v) is 31.4. The number of hydrogen-bond donors (Lipinski definition) is 0. The van der Waals surface area contributed by atoms with E-state index in [0.717, 1.165) is 5.69 Å². The van der Waals surface area contributed by atoms with E-state index in [0.29, 0.717) is 0 Å². The molecule has 12 aromatic rings. The predicted molar refractivity (Wildman–Crippen MR) is 238 cm³/mol. The molecule has 0 saturated carbocycles. The van der Waals surface area contributed by atoms with Gasteiger partial charge in [-0.1, -0.05) is 103 Å². The molecular formula is C48H27NS4. The fourth-order valence-corrected chi connectivity index (χ4v) is 13.0. The van der Waals surface area contributed by atoms with Gasteiger partial charge >= 0.3 is 0 Å². The molecule has 0 spiro atoms. The largest absolute Gasteiger partial charge is 0.308 e. The van der Waals surface area contributed by atoms with Crippen LogP contribution in [-0.4, -0.2) is 0 Å². The maximum Gasteiger partial charge on any atom is 0.0640 e. The molecule has 1 nitrogen and oxygen atoms in total. The van der Waals surface area contributed by atoms with E-state index in [-0.39, 0.29) is 0 Å². The highest BCUT2D eigenvalue weighted by Crippen LogP contribution is 2.50. The van der Waals surface area contributed by atoms with Crippen molar-refractivity contribution in [2.45, 2.75) is 0 Å². The monoisotopic (exact) mass is 745 g/mol. The zero-order chi connectivity index (χ0) is 34.6. The molecule has 0 aliphatic rings. The van der Waals surface area contributed by atoms with Crippen molar-refractivity contribution in [3.8, 4) is 11.1 Å². The first-order chi connectivity index (χ1) is 26.3. The van der Waals surface area contributed by atoms with E-state index >= 15 is 0 Å². The Morgan fingerprint density at radius 1 is 0.302 bits per heavy atom. The third kappa shape index (κ3) is 4.40. The van der Waals surface area contributed by atoms with Gasteiger partial charge < -0.3 is 4.90 Å². The molecule has 0 atom stereocenters. The Morgan fingerprint density at radius 3 is 1.42 bits per heavy atom. The van der Waals surface area contributed by atoms with E-state index in [4.69, 9.17) is 0 Å². The smallest absolute Gasteiger partial charge is 0.0640 e. The second-order valence-corrected chi connectivity index (χ2v) is 17.8. The minimum atomic E-state index is 1.15. The highest BCUT2D eigenvalue weighted by molar-refractivity contribution is 7.28. The standard InChI is InChI=1S/C48H27NS4/c1-4-18-38-31(10-1)33-14-7-16-36(47(33)52-38)49(37-17-8-15-34-32-11-2-5-19-39(32)53-48(34)37)29-24-22-28(23-25-29)30-13-9-21-41-44(30)46-43(51-41)27-26-42-45(46)35-12-3-6-20-40(35)50-42/h1-27H. The van der Waals surface area contributed by atoms with E-state index in [1.54, 1.807) is 0 Å². The van der Waals surface area contributed by atoms with Crippen LogP contribution < -0.4 is 4.90 Å². The number of benzene rings is 8. The van der Waals surface area contributed by atoms with Crippen molar-refractivity contribution >= 4 is 143 Å². The van der Waals surface area contributed by atoms with Gasteiger partial charge in [0.15, 0.2) is 0 Å². The van der Waals surface area contributed by atoms with Gasteiger partial charge in [0.05, 0.1) is 20.8 Å². The minimum absolute atomic E-state index is 1.15. The minimum Gasteiger partial charge on any atom is -0.308 e. The van der Waals surface area contributed by atoms with Gasteiger partial charge in [0.1, 0.15) is 0 Å². The molecule has 0 aliphatic heterocycles. The number of rotatable bonds is 4. The Balaban J connectivity index is 1.09. The summed E-state index contributed by atoms with van der Waals surface area (Å²) in [5.41, 5.74) is 6.08. The van der Waals surface area contributed by atoms with Crippen molar-refractivity contribution in [1.29, 1.82) is 0 Å². The number of fused-ring (bicyclic) bond motifs is 13. The lowest BCUT2D eigenvalue weighted by Gasteiger charge is -2.27. The van der Waals surface area contributed by atoms with Gasteiger partial charge in [-0.15, -0.1) is 45.3 Å². The Bertz CT molecular complexity index is 3300. The lowest BCUT2D eigenvalue weighted by Crippen LogP contribution is -2.10. The Kier molecular flexibility index (Phi) is 6.48. The lowest BCUT2D eigenvalue weighted by molar-refractivity contribution is 1.32. The molecule has 8 aromatic carbocycles. The van der Waals surface area contributed by atoms with Crippen LogP contribution >= 0.6 is 45.3 Å². The molecule has 0 unspecified atom stereocenters. The van der Waals surface area contributed by atoms with Crippen molar-refractivity contribution < 1.29 is 0 Å². The van der Waals surface area contributed by atoms with Crippen LogP contribution in [0.4, 0.5) is 17.1 Å². The van der Waals surface area contributed by atoms with Gasteiger partial charge in [-0.3, -0.25) is 0 Å². The van der Waals surface area contributed by atoms with Crippen LogP contribution in [0.15, 0.2) is 164 Å². The number of nitrogens with zero attached hydrogens (tertiary/aromatic N) is 1. The van der Waals surface area contributed by atoms with E-state index < -0.39 is 0 Å². The molecule has 0 fully saturated rings. The Morgan fingerprint density at radius 2 is 0.774 bits per heavy atom. The van der Waals surface area contributed by atoms with Crippen LogP contribution in [0.1, 0.15) is 0 Å². The zero-order valence-electron chi connectivity index (χ0n) is 28.2. The summed E-state index contributed by atoms with van der Waals surface area (Å²) < 4.78 is 10.6. The molecule has 0 bridgehead atoms.